The summed E-state index contributed by atoms with van der Waals surface area (Å²) in [7, 11) is -12.2. The third-order valence-corrected chi connectivity index (χ3v) is 7.81. The van der Waals surface area contributed by atoms with Gasteiger partial charge in [-0.3, -0.25) is 0 Å². The minimum absolute atomic E-state index is 0. The minimum atomic E-state index is -6.09. The Morgan fingerprint density at radius 2 is 0.414 bits per heavy atom. The molecule has 0 spiro atoms. The van der Waals surface area contributed by atoms with E-state index in [0.29, 0.717) is 46.5 Å². The smallest absolute Gasteiger partial charge is 0.741 e. The largest absolute Gasteiger partial charge is 3.00 e. The van der Waals surface area contributed by atoms with Gasteiger partial charge in [0.05, 0.1) is 0 Å². The maximum atomic E-state index is 10.7. The SMILES string of the molecule is O=S(=O)([O-])C(F)(F)F.O=S(=O)([O-])C(F)(F)F.[Mo+3].[Mo+3].c1ccc([N-]c2ccccn2)nc1.c1ccc([N-]c2ccccn2)nc1.c1ccc([N-]c2ccccn2)nc1.c1ccc([N-]c2ccccn2)nc1. The van der Waals surface area contributed by atoms with Gasteiger partial charge < -0.3 is 70.2 Å². The number of alkyl halides is 6. The van der Waals surface area contributed by atoms with Gasteiger partial charge in [-0.05, 0) is 98.1 Å². The van der Waals surface area contributed by atoms with Crippen molar-refractivity contribution in [3.8, 4) is 0 Å². The molecule has 0 atom stereocenters. The van der Waals surface area contributed by atoms with Crippen molar-refractivity contribution in [1.29, 1.82) is 0 Å². The molecule has 8 aromatic rings. The molecule has 362 valence electrons. The standard InChI is InChI=1S/4C10H8N3.2CHF3O3S.2Mo/c4*1-3-7-11-9(5-1)13-10-6-2-4-8-12-10;2*2-1(3,4)8(5,6)7;;/h4*1-8H;2*(H,5,6,7);;/q4*-1;;;2*+3/p-2. The van der Waals surface area contributed by atoms with Crippen LogP contribution >= 0.6 is 0 Å². The van der Waals surface area contributed by atoms with Crippen LogP contribution in [0.15, 0.2) is 195 Å². The van der Waals surface area contributed by atoms with Gasteiger partial charge in [0.2, 0.25) is 0 Å². The summed E-state index contributed by atoms with van der Waals surface area (Å²) in [6.45, 7) is 0. The molecule has 0 aliphatic heterocycles. The molecule has 0 N–H and O–H groups in total. The van der Waals surface area contributed by atoms with E-state index in [1.807, 2.05) is 146 Å². The maximum absolute atomic E-state index is 10.7. The molecule has 0 unspecified atom stereocenters. The molecule has 0 fully saturated rings. The molecule has 18 nitrogen and oxygen atoms in total. The van der Waals surface area contributed by atoms with E-state index in [1.165, 1.54) is 0 Å². The molecule has 0 bridgehead atoms. The Labute approximate surface area is 426 Å². The van der Waals surface area contributed by atoms with E-state index in [2.05, 4.69) is 61.1 Å². The van der Waals surface area contributed by atoms with E-state index in [4.69, 9.17) is 25.9 Å². The van der Waals surface area contributed by atoms with Gasteiger partial charge in [0.1, 0.15) is 0 Å². The molecule has 8 heterocycles. The number of halogens is 6. The van der Waals surface area contributed by atoms with Gasteiger partial charge in [-0.15, -0.1) is 0 Å². The van der Waals surface area contributed by atoms with Gasteiger partial charge in [0.25, 0.3) is 0 Å². The Kier molecular flexibility index (Phi) is 28.0. The Hall–Kier alpha value is -6.82. The number of pyridine rings is 8. The van der Waals surface area contributed by atoms with E-state index >= 15 is 0 Å². The molecule has 0 saturated carbocycles. The monoisotopic (exact) mass is 1170 g/mol. The summed E-state index contributed by atoms with van der Waals surface area (Å²) in [5.41, 5.74) is -11.3. The van der Waals surface area contributed by atoms with Gasteiger partial charge in [-0.2, -0.15) is 26.3 Å². The summed E-state index contributed by atoms with van der Waals surface area (Å²) < 4.78 is 118. The molecule has 28 heteroatoms. The molecule has 0 aromatic carbocycles. The summed E-state index contributed by atoms with van der Waals surface area (Å²) in [6.07, 6.45) is 13.7. The van der Waals surface area contributed by atoms with Crippen molar-refractivity contribution < 1.29 is 94.4 Å². The fraction of sp³-hybridized carbons (Fsp3) is 0.0476. The number of rotatable bonds is 8. The van der Waals surface area contributed by atoms with Crippen LogP contribution < -0.4 is 0 Å². The zero-order valence-electron chi connectivity index (χ0n) is 35.2. The first kappa shape index (κ1) is 61.2. The topological polar surface area (TPSA) is 274 Å². The summed E-state index contributed by atoms with van der Waals surface area (Å²) in [4.78, 5) is 32.5. The average molecular weight is 1170 g/mol. The average Bonchev–Trinajstić information content (AvgIpc) is 3.32. The second-order valence-electron chi connectivity index (χ2n) is 11.8. The predicted molar refractivity (Wildman–Crippen MR) is 236 cm³/mol. The van der Waals surface area contributed by atoms with Crippen LogP contribution in [0.2, 0.25) is 0 Å². The van der Waals surface area contributed by atoms with Crippen LogP contribution in [0.25, 0.3) is 21.3 Å². The Bertz CT molecular complexity index is 2310. The third kappa shape index (κ3) is 26.6. The van der Waals surface area contributed by atoms with E-state index < -0.39 is 31.3 Å². The zero-order valence-corrected chi connectivity index (χ0v) is 40.8. The van der Waals surface area contributed by atoms with Crippen molar-refractivity contribution in [3.63, 3.8) is 0 Å². The fourth-order valence-corrected chi connectivity index (χ4v) is 3.83. The molecule has 0 amide bonds. The van der Waals surface area contributed by atoms with Crippen molar-refractivity contribution >= 4 is 66.8 Å². The summed E-state index contributed by atoms with van der Waals surface area (Å²) in [6, 6.07) is 44.8. The number of nitrogens with zero attached hydrogens (tertiary/aromatic N) is 12. The molecule has 70 heavy (non-hydrogen) atoms. The zero-order chi connectivity index (χ0) is 49.7. The van der Waals surface area contributed by atoms with Crippen LogP contribution in [-0.2, 0) is 62.4 Å². The van der Waals surface area contributed by atoms with Crippen molar-refractivity contribution in [2.45, 2.75) is 11.0 Å². The number of hydrogen-bond donors (Lipinski definition) is 0. The van der Waals surface area contributed by atoms with Crippen molar-refractivity contribution in [2.75, 3.05) is 0 Å². The van der Waals surface area contributed by atoms with Gasteiger partial charge in [0, 0.05) is 46.5 Å². The number of aromatic nitrogens is 8. The third-order valence-electron chi connectivity index (χ3n) is 6.68. The van der Waals surface area contributed by atoms with Crippen LogP contribution in [0.4, 0.5) is 72.9 Å². The van der Waals surface area contributed by atoms with Crippen molar-refractivity contribution in [1.82, 2.24) is 39.9 Å². The molecule has 8 rings (SSSR count). The van der Waals surface area contributed by atoms with E-state index in [0.717, 1.165) is 0 Å². The van der Waals surface area contributed by atoms with Crippen LogP contribution in [0.1, 0.15) is 0 Å². The first-order valence-corrected chi connectivity index (χ1v) is 21.3. The quantitative estimate of drug-likeness (QED) is 0.0592. The molecule has 0 aliphatic carbocycles. The predicted octanol–water partition coefficient (Wildman–Crippen LogP) is 11.4. The molecule has 2 radical (unpaired) electrons. The maximum Gasteiger partial charge on any atom is 3.00 e. The Balaban J connectivity index is 0.000000423. The van der Waals surface area contributed by atoms with Crippen LogP contribution in [0, 0.1) is 0 Å². The molecular weight excluding hydrogens is 1140 g/mol. The van der Waals surface area contributed by atoms with E-state index in [9.17, 15) is 26.3 Å². The molecular formula is C42H32F6Mo2N12O6S2. The first-order valence-electron chi connectivity index (χ1n) is 18.5. The van der Waals surface area contributed by atoms with Crippen molar-refractivity contribution in [2.24, 2.45) is 0 Å². The van der Waals surface area contributed by atoms with Gasteiger partial charge in [0.15, 0.2) is 20.2 Å². The van der Waals surface area contributed by atoms with Crippen LogP contribution in [0.5, 0.6) is 0 Å². The number of hydrogen-bond acceptors (Lipinski definition) is 14. The normalized spacial score (nSPS) is 10.3. The Morgan fingerprint density at radius 3 is 0.486 bits per heavy atom. The summed E-state index contributed by atoms with van der Waals surface area (Å²) in [5, 5.41) is 16.9. The first-order chi connectivity index (χ1) is 32.3. The second-order valence-corrected chi connectivity index (χ2v) is 14.5. The van der Waals surface area contributed by atoms with Gasteiger partial charge >= 0.3 is 53.1 Å². The fourth-order valence-electron chi connectivity index (χ4n) is 3.83. The van der Waals surface area contributed by atoms with E-state index in [-0.39, 0.29) is 42.1 Å². The van der Waals surface area contributed by atoms with Crippen LogP contribution in [0.3, 0.4) is 0 Å². The molecule has 0 saturated heterocycles. The molecule has 0 aliphatic rings. The van der Waals surface area contributed by atoms with Crippen molar-refractivity contribution in [3.05, 3.63) is 216 Å². The minimum Gasteiger partial charge on any atom is -0.741 e. The van der Waals surface area contributed by atoms with Crippen LogP contribution in [-0.4, -0.2) is 76.8 Å². The second kappa shape index (κ2) is 32.1. The summed E-state index contributed by atoms with van der Waals surface area (Å²) in [5.74, 6) is 5.45. The molecule has 8 aromatic heterocycles. The van der Waals surface area contributed by atoms with Gasteiger partial charge in [-0.25, -0.2) is 16.8 Å². The van der Waals surface area contributed by atoms with Gasteiger partial charge in [-0.1, -0.05) is 97.1 Å². The van der Waals surface area contributed by atoms with E-state index in [1.54, 1.807) is 49.6 Å². The Morgan fingerprint density at radius 1 is 0.300 bits per heavy atom. The summed E-state index contributed by atoms with van der Waals surface area (Å²) >= 11 is 0.